The summed E-state index contributed by atoms with van der Waals surface area (Å²) in [6.07, 6.45) is -2.57. The molecule has 0 amide bonds. The molecule has 4 aromatic heterocycles. The number of fused-ring (bicyclic) bond motifs is 2. The molecule has 4 unspecified atom stereocenters. The summed E-state index contributed by atoms with van der Waals surface area (Å²) in [6, 6.07) is 0. The topological polar surface area (TPSA) is 243 Å². The van der Waals surface area contributed by atoms with E-state index in [1.165, 1.54) is 34.4 Å². The molecule has 256 valence electrons. The number of imidazole rings is 2. The molecular formula is C24H28F2N10O9P2S+2. The molecule has 4 aromatic rings. The second-order valence-electron chi connectivity index (χ2n) is 10.3. The zero-order chi connectivity index (χ0) is 33.9. The first kappa shape index (κ1) is 34.4. The lowest BCUT2D eigenvalue weighted by molar-refractivity contribution is -0.0436. The molecule has 24 heteroatoms. The van der Waals surface area contributed by atoms with Gasteiger partial charge in [-0.15, -0.1) is 13.9 Å². The second kappa shape index (κ2) is 15.0. The number of anilines is 2. The fourth-order valence-corrected chi connectivity index (χ4v) is 6.65. The highest BCUT2D eigenvalue weighted by Crippen LogP contribution is 2.42. The van der Waals surface area contributed by atoms with Crippen LogP contribution >= 0.6 is 27.7 Å². The lowest BCUT2D eigenvalue weighted by Crippen LogP contribution is -2.32. The maximum atomic E-state index is 15.2. The van der Waals surface area contributed by atoms with Crippen molar-refractivity contribution in [2.75, 3.05) is 36.9 Å². The lowest BCUT2D eigenvalue weighted by atomic mass is 10.1. The number of thiol groups is 1. The Morgan fingerprint density at radius 1 is 0.812 bits per heavy atom. The first-order valence-corrected chi connectivity index (χ1v) is 17.6. The number of aromatic nitrogens is 8. The van der Waals surface area contributed by atoms with Gasteiger partial charge in [-0.05, 0) is 4.57 Å². The van der Waals surface area contributed by atoms with Crippen molar-refractivity contribution in [3.8, 4) is 0 Å². The summed E-state index contributed by atoms with van der Waals surface area (Å²) in [5, 5.41) is 25.3. The Bertz CT molecular complexity index is 1700. The molecule has 2 saturated heterocycles. The van der Waals surface area contributed by atoms with Gasteiger partial charge in [-0.3, -0.25) is 9.13 Å². The summed E-state index contributed by atoms with van der Waals surface area (Å²) < 4.78 is 76.5. The van der Waals surface area contributed by atoms with E-state index in [0.717, 1.165) is 0 Å². The van der Waals surface area contributed by atoms with E-state index < -0.39 is 77.9 Å². The first-order valence-electron chi connectivity index (χ1n) is 14.2. The normalized spacial score (nSPS) is 28.1. The summed E-state index contributed by atoms with van der Waals surface area (Å²) in [4.78, 5) is 34.4. The molecule has 5 N–H and O–H groups in total. The van der Waals surface area contributed by atoms with E-state index in [1.807, 2.05) is 0 Å². The van der Waals surface area contributed by atoms with Crippen LogP contribution < -0.4 is 10.6 Å². The average molecular weight is 733 g/mol. The highest BCUT2D eigenvalue weighted by Gasteiger charge is 2.52. The van der Waals surface area contributed by atoms with Crippen molar-refractivity contribution < 1.29 is 51.5 Å². The van der Waals surface area contributed by atoms with Crippen LogP contribution in [0, 0.1) is 0 Å². The van der Waals surface area contributed by atoms with E-state index in [9.17, 15) is 19.3 Å². The minimum atomic E-state index is -3.13. The maximum absolute atomic E-state index is 15.2. The third-order valence-corrected chi connectivity index (χ3v) is 8.66. The van der Waals surface area contributed by atoms with Gasteiger partial charge < -0.3 is 30.3 Å². The Morgan fingerprint density at radius 2 is 1.27 bits per heavy atom. The molecule has 2 aliphatic rings. The number of nitrogens with one attached hydrogen (secondary N) is 2. The van der Waals surface area contributed by atoms with E-state index in [0.29, 0.717) is 35.8 Å². The van der Waals surface area contributed by atoms with Crippen molar-refractivity contribution in [2.24, 2.45) is 0 Å². The Hall–Kier alpha value is -3.43. The van der Waals surface area contributed by atoms with Gasteiger partial charge in [0, 0.05) is 17.7 Å². The SMILES string of the molecule is O=[P+](O)O[C@@H]1[C@@H](CO)OC(n2cnc3c(NC/C=C/CNc4ncnc5c4ncn5[C@@H]4OC(CO)[C@@H](O[P+](=O)S)[C@H]4F)ncnc32)[C@@H]1F. The zero-order valence-corrected chi connectivity index (χ0v) is 27.1. The van der Waals surface area contributed by atoms with Gasteiger partial charge in [0.1, 0.15) is 37.1 Å². The van der Waals surface area contributed by atoms with E-state index >= 15 is 8.78 Å². The molecule has 2 aliphatic heterocycles. The highest BCUT2D eigenvalue weighted by molar-refractivity contribution is 8.39. The van der Waals surface area contributed by atoms with Crippen LogP contribution in [0.25, 0.3) is 22.3 Å². The van der Waals surface area contributed by atoms with Gasteiger partial charge >= 0.3 is 15.5 Å². The van der Waals surface area contributed by atoms with E-state index in [2.05, 4.69) is 52.8 Å². The molecule has 0 aliphatic carbocycles. The highest BCUT2D eigenvalue weighted by atomic mass is 32.7. The van der Waals surface area contributed by atoms with Crippen LogP contribution in [0.5, 0.6) is 0 Å². The number of halogens is 2. The Labute approximate surface area is 275 Å². The van der Waals surface area contributed by atoms with Gasteiger partial charge in [0.25, 0.3) is 0 Å². The monoisotopic (exact) mass is 732 g/mol. The van der Waals surface area contributed by atoms with Crippen molar-refractivity contribution >= 4 is 61.7 Å². The molecule has 2 fully saturated rings. The number of rotatable bonds is 14. The fraction of sp³-hybridized carbons (Fsp3) is 0.500. The van der Waals surface area contributed by atoms with Crippen LogP contribution in [-0.4, -0.2) is 117 Å². The van der Waals surface area contributed by atoms with Gasteiger partial charge in [0.15, 0.2) is 71.0 Å². The van der Waals surface area contributed by atoms with Gasteiger partial charge in [-0.1, -0.05) is 12.2 Å². The van der Waals surface area contributed by atoms with Crippen LogP contribution in [0.1, 0.15) is 12.5 Å². The maximum Gasteiger partial charge on any atom is 0.695 e. The molecule has 6 heterocycles. The van der Waals surface area contributed by atoms with Crippen molar-refractivity contribution in [1.82, 2.24) is 39.0 Å². The summed E-state index contributed by atoms with van der Waals surface area (Å²) in [5.41, 5.74) is 1.12. The first-order chi connectivity index (χ1) is 23.2. The van der Waals surface area contributed by atoms with Gasteiger partial charge in [-0.25, -0.2) is 38.7 Å². The molecule has 0 saturated carbocycles. The van der Waals surface area contributed by atoms with Crippen molar-refractivity contribution in [3.63, 3.8) is 0 Å². The molecule has 0 aromatic carbocycles. The minimum absolute atomic E-state index is 0.220. The van der Waals surface area contributed by atoms with Crippen LogP contribution in [-0.2, 0) is 27.7 Å². The standard InChI is InChI=1S/C24H26F2N10O9P2S/c25-13-17(44-46(39)40)11(5-37)42-23(13)35-9-33-15-19(29-7-31-21(15)35)27-3-1-2-4-28-20-16-22(32-8-30-20)36(10-34-16)24-14(26)18(45-47(41)48)12(6-38)43-24/h1-2,7-14,17-18,23-24,37-38H,3-6H2,(H2-2,27,28,29,30,31,32,39,40,41,48)/p+2/b2-1+/t11-,12?,13-,14-,17-,18-,23?,24-/m1/s1. The molecule has 6 rings (SSSR count). The van der Waals surface area contributed by atoms with Gasteiger partial charge in [-0.2, -0.15) is 0 Å². The quantitative estimate of drug-likeness (QED) is 0.0611. The van der Waals surface area contributed by atoms with Gasteiger partial charge in [0.05, 0.1) is 25.9 Å². The number of hydrogen-bond acceptors (Lipinski definition) is 16. The summed E-state index contributed by atoms with van der Waals surface area (Å²) in [6.45, 7) is -0.585. The summed E-state index contributed by atoms with van der Waals surface area (Å²) in [7, 11) is -5.57. The molecule has 19 nitrogen and oxygen atoms in total. The Balaban J connectivity index is 1.07. The van der Waals surface area contributed by atoms with Crippen molar-refractivity contribution in [3.05, 3.63) is 37.5 Å². The lowest BCUT2D eigenvalue weighted by Gasteiger charge is -2.15. The number of nitrogens with zero attached hydrogens (tertiary/aromatic N) is 8. The second-order valence-corrected chi connectivity index (χ2v) is 12.7. The van der Waals surface area contributed by atoms with Crippen LogP contribution in [0.3, 0.4) is 0 Å². The summed E-state index contributed by atoms with van der Waals surface area (Å²) >= 11 is 3.67. The predicted molar refractivity (Wildman–Crippen MR) is 165 cm³/mol. The number of aliphatic hydroxyl groups excluding tert-OH is 2. The fourth-order valence-electron chi connectivity index (χ4n) is 5.40. The third kappa shape index (κ3) is 6.86. The number of hydrogen-bond donors (Lipinski definition) is 6. The van der Waals surface area contributed by atoms with Crippen molar-refractivity contribution in [2.45, 2.75) is 49.2 Å². The van der Waals surface area contributed by atoms with Crippen molar-refractivity contribution in [1.29, 1.82) is 0 Å². The van der Waals surface area contributed by atoms with Gasteiger partial charge in [0.2, 0.25) is 0 Å². The number of ether oxygens (including phenoxy) is 2. The largest absolute Gasteiger partial charge is 0.695 e. The molecule has 0 bridgehead atoms. The molecule has 0 spiro atoms. The van der Waals surface area contributed by atoms with E-state index in [4.69, 9.17) is 23.4 Å². The van der Waals surface area contributed by atoms with Crippen LogP contribution in [0.15, 0.2) is 37.5 Å². The summed E-state index contributed by atoms with van der Waals surface area (Å²) in [5.74, 6) is 0.704. The van der Waals surface area contributed by atoms with Crippen LogP contribution in [0.2, 0.25) is 0 Å². The number of alkyl halides is 2. The van der Waals surface area contributed by atoms with E-state index in [1.54, 1.807) is 12.2 Å². The molecule has 10 atom stereocenters. The average Bonchev–Trinajstić information content (AvgIpc) is 3.83. The molecule has 0 radical (unpaired) electrons. The predicted octanol–water partition coefficient (Wildman–Crippen LogP) is 1.51. The Kier molecular flexibility index (Phi) is 10.8. The molecular weight excluding hydrogens is 704 g/mol. The van der Waals surface area contributed by atoms with E-state index in [-0.39, 0.29) is 11.3 Å². The smallest absolute Gasteiger partial charge is 0.394 e. The Morgan fingerprint density at radius 3 is 1.69 bits per heavy atom. The third-order valence-electron chi connectivity index (χ3n) is 7.52. The minimum Gasteiger partial charge on any atom is -0.394 e. The van der Waals surface area contributed by atoms with Crippen LogP contribution in [0.4, 0.5) is 20.4 Å². The molecule has 48 heavy (non-hydrogen) atoms. The number of aliphatic hydroxyl groups is 2. The zero-order valence-electron chi connectivity index (χ0n) is 24.4.